The first kappa shape index (κ1) is 22.9. The third kappa shape index (κ3) is 4.75. The van der Waals surface area contributed by atoms with Gasteiger partial charge in [-0.05, 0) is 25.0 Å². The lowest BCUT2D eigenvalue weighted by Gasteiger charge is -2.17. The van der Waals surface area contributed by atoms with Crippen molar-refractivity contribution in [3.8, 4) is 0 Å². The molecule has 1 saturated heterocycles. The molecule has 14 heteroatoms. The van der Waals surface area contributed by atoms with Gasteiger partial charge in [0.05, 0.1) is 22.2 Å². The van der Waals surface area contributed by atoms with Crippen molar-refractivity contribution in [1.29, 1.82) is 0 Å². The zero-order valence-electron chi connectivity index (χ0n) is 16.9. The molecular formula is C19H18F4N6O3S. The molecule has 2 aromatic heterocycles. The molecule has 0 atom stereocenters. The van der Waals surface area contributed by atoms with Gasteiger partial charge in [-0.2, -0.15) is 25.9 Å². The Hall–Kier alpha value is -3.26. The molecule has 176 valence electrons. The van der Waals surface area contributed by atoms with Crippen molar-refractivity contribution < 1.29 is 30.8 Å². The van der Waals surface area contributed by atoms with Crippen LogP contribution >= 0.6 is 0 Å². The Morgan fingerprint density at radius 2 is 1.88 bits per heavy atom. The standard InChI is InChI=1S/C19H18F4N6O3S/c20-15-11(4-3-5-13(15)28-33(31,32)29-6-1-2-7-29)16(30)12-8-24-17-14(12)18(27-10-26-17)25-9-19(21,22)23/h3-5,8,10,28H,1-2,6-7,9H2,(H2,24,25,26,27). The fourth-order valence-corrected chi connectivity index (χ4v) is 4.83. The first-order valence-electron chi connectivity index (χ1n) is 9.80. The summed E-state index contributed by atoms with van der Waals surface area (Å²) in [4.78, 5) is 23.4. The maximum atomic E-state index is 15.2. The first-order chi connectivity index (χ1) is 15.6. The van der Waals surface area contributed by atoms with Crippen LogP contribution in [0.25, 0.3) is 11.0 Å². The van der Waals surface area contributed by atoms with Gasteiger partial charge in [0, 0.05) is 19.3 Å². The van der Waals surface area contributed by atoms with E-state index >= 15 is 4.39 Å². The summed E-state index contributed by atoms with van der Waals surface area (Å²) in [5.41, 5.74) is -0.986. The molecule has 0 spiro atoms. The van der Waals surface area contributed by atoms with Crippen LogP contribution in [0, 0.1) is 5.82 Å². The van der Waals surface area contributed by atoms with Crippen LogP contribution in [0.2, 0.25) is 0 Å². The molecule has 9 nitrogen and oxygen atoms in total. The van der Waals surface area contributed by atoms with Gasteiger partial charge in [-0.25, -0.2) is 14.4 Å². The normalized spacial score (nSPS) is 15.2. The molecule has 3 heterocycles. The quantitative estimate of drug-likeness (QED) is 0.349. The van der Waals surface area contributed by atoms with Gasteiger partial charge >= 0.3 is 16.4 Å². The third-order valence-electron chi connectivity index (χ3n) is 5.06. The van der Waals surface area contributed by atoms with Crippen molar-refractivity contribution in [1.82, 2.24) is 19.3 Å². The molecule has 0 unspecified atom stereocenters. The Morgan fingerprint density at radius 3 is 2.58 bits per heavy atom. The van der Waals surface area contributed by atoms with Crippen molar-refractivity contribution in [2.45, 2.75) is 19.0 Å². The second-order valence-electron chi connectivity index (χ2n) is 7.33. The van der Waals surface area contributed by atoms with E-state index < -0.39 is 45.8 Å². The minimum absolute atomic E-state index is 0.0470. The van der Waals surface area contributed by atoms with Crippen LogP contribution in [0.1, 0.15) is 28.8 Å². The lowest BCUT2D eigenvalue weighted by atomic mass is 10.0. The number of aromatic amines is 1. The molecule has 1 fully saturated rings. The Morgan fingerprint density at radius 1 is 1.15 bits per heavy atom. The fraction of sp³-hybridized carbons (Fsp3) is 0.316. The van der Waals surface area contributed by atoms with Gasteiger partial charge in [0.15, 0.2) is 11.6 Å². The predicted octanol–water partition coefficient (Wildman–Crippen LogP) is 3.05. The summed E-state index contributed by atoms with van der Waals surface area (Å²) in [6, 6.07) is 3.62. The predicted molar refractivity (Wildman–Crippen MR) is 112 cm³/mol. The molecule has 33 heavy (non-hydrogen) atoms. The van der Waals surface area contributed by atoms with Gasteiger partial charge in [0.1, 0.15) is 24.3 Å². The number of rotatable bonds is 7. The van der Waals surface area contributed by atoms with E-state index in [0.29, 0.717) is 25.9 Å². The van der Waals surface area contributed by atoms with Crippen molar-refractivity contribution in [2.24, 2.45) is 0 Å². The van der Waals surface area contributed by atoms with Gasteiger partial charge in [-0.15, -0.1) is 0 Å². The molecule has 1 aliphatic rings. The average molecular weight is 486 g/mol. The number of nitrogens with zero attached hydrogens (tertiary/aromatic N) is 3. The van der Waals surface area contributed by atoms with Crippen LogP contribution in [0.4, 0.5) is 29.1 Å². The molecule has 0 aliphatic carbocycles. The summed E-state index contributed by atoms with van der Waals surface area (Å²) >= 11 is 0. The number of benzene rings is 1. The largest absolute Gasteiger partial charge is 0.405 e. The Bertz CT molecular complexity index is 1300. The lowest BCUT2D eigenvalue weighted by molar-refractivity contribution is -0.115. The fourth-order valence-electron chi connectivity index (χ4n) is 3.52. The lowest BCUT2D eigenvalue weighted by Crippen LogP contribution is -2.33. The monoisotopic (exact) mass is 486 g/mol. The van der Waals surface area contributed by atoms with Crippen LogP contribution in [-0.4, -0.2) is 59.3 Å². The van der Waals surface area contributed by atoms with Crippen LogP contribution in [0.3, 0.4) is 0 Å². The molecule has 0 bridgehead atoms. The molecule has 1 aliphatic heterocycles. The van der Waals surface area contributed by atoms with Crippen molar-refractivity contribution in [2.75, 3.05) is 29.7 Å². The SMILES string of the molecule is O=C(c1cccc(NS(=O)(=O)N2CCCC2)c1F)c1c[nH]c2ncnc(NCC(F)(F)F)c12. The van der Waals surface area contributed by atoms with E-state index in [2.05, 4.69) is 25.0 Å². The molecule has 0 saturated carbocycles. The highest BCUT2D eigenvalue weighted by atomic mass is 32.2. The van der Waals surface area contributed by atoms with Crippen LogP contribution in [-0.2, 0) is 10.2 Å². The summed E-state index contributed by atoms with van der Waals surface area (Å²) in [5.74, 6) is -2.25. The number of hydrogen-bond acceptors (Lipinski definition) is 6. The number of nitrogens with one attached hydrogen (secondary N) is 3. The molecule has 3 aromatic rings. The number of aromatic nitrogens is 3. The molecule has 3 N–H and O–H groups in total. The van der Waals surface area contributed by atoms with E-state index in [-0.39, 0.29) is 22.4 Å². The van der Waals surface area contributed by atoms with Gasteiger partial charge in [-0.3, -0.25) is 9.52 Å². The zero-order valence-corrected chi connectivity index (χ0v) is 17.7. The Balaban J connectivity index is 1.68. The molecule has 0 radical (unpaired) electrons. The Kier molecular flexibility index (Phi) is 5.97. The van der Waals surface area contributed by atoms with Crippen molar-refractivity contribution in [3.05, 3.63) is 47.7 Å². The first-order valence-corrected chi connectivity index (χ1v) is 11.2. The maximum Gasteiger partial charge on any atom is 0.405 e. The van der Waals surface area contributed by atoms with E-state index in [4.69, 9.17) is 0 Å². The minimum atomic E-state index is -4.54. The van der Waals surface area contributed by atoms with Gasteiger partial charge in [-0.1, -0.05) is 6.07 Å². The molecule has 1 aromatic carbocycles. The minimum Gasteiger partial charge on any atom is -0.360 e. The summed E-state index contributed by atoms with van der Waals surface area (Å²) in [6.07, 6.45) is -0.962. The number of hydrogen-bond donors (Lipinski definition) is 3. The number of halogens is 4. The second-order valence-corrected chi connectivity index (χ2v) is 9.00. The smallest absolute Gasteiger partial charge is 0.360 e. The number of fused-ring (bicyclic) bond motifs is 1. The molecular weight excluding hydrogens is 468 g/mol. The summed E-state index contributed by atoms with van der Waals surface area (Å²) in [5, 5.41) is 2.06. The number of anilines is 2. The number of ketones is 1. The number of H-pyrrole nitrogens is 1. The number of carbonyl (C=O) groups is 1. The van der Waals surface area contributed by atoms with E-state index in [1.54, 1.807) is 0 Å². The van der Waals surface area contributed by atoms with E-state index in [1.807, 2.05) is 0 Å². The van der Waals surface area contributed by atoms with E-state index in [0.717, 1.165) is 12.4 Å². The zero-order chi connectivity index (χ0) is 23.8. The summed E-state index contributed by atoms with van der Waals surface area (Å²) < 4.78 is 81.4. The summed E-state index contributed by atoms with van der Waals surface area (Å²) in [6.45, 7) is -0.794. The summed E-state index contributed by atoms with van der Waals surface area (Å²) in [7, 11) is -4.01. The van der Waals surface area contributed by atoms with Crippen molar-refractivity contribution in [3.63, 3.8) is 0 Å². The Labute approximate surface area is 185 Å². The average Bonchev–Trinajstić information content (AvgIpc) is 3.43. The number of carbonyl (C=O) groups excluding carboxylic acids is 1. The van der Waals surface area contributed by atoms with Gasteiger partial charge in [0.2, 0.25) is 0 Å². The van der Waals surface area contributed by atoms with E-state index in [1.165, 1.54) is 22.6 Å². The maximum absolute atomic E-state index is 15.2. The van der Waals surface area contributed by atoms with Crippen LogP contribution in [0.5, 0.6) is 0 Å². The van der Waals surface area contributed by atoms with Crippen LogP contribution < -0.4 is 10.0 Å². The van der Waals surface area contributed by atoms with Crippen molar-refractivity contribution >= 4 is 38.5 Å². The highest BCUT2D eigenvalue weighted by molar-refractivity contribution is 7.90. The molecule has 0 amide bonds. The van der Waals surface area contributed by atoms with E-state index in [9.17, 15) is 26.4 Å². The van der Waals surface area contributed by atoms with Gasteiger partial charge in [0.25, 0.3) is 0 Å². The topological polar surface area (TPSA) is 120 Å². The molecule has 4 rings (SSSR count). The number of alkyl halides is 3. The highest BCUT2D eigenvalue weighted by Crippen LogP contribution is 2.29. The van der Waals surface area contributed by atoms with Crippen LogP contribution in [0.15, 0.2) is 30.7 Å². The second kappa shape index (κ2) is 8.59. The third-order valence-corrected chi connectivity index (χ3v) is 6.58. The highest BCUT2D eigenvalue weighted by Gasteiger charge is 2.30. The van der Waals surface area contributed by atoms with Gasteiger partial charge < -0.3 is 10.3 Å².